The number of nitrogens with one attached hydrogen (secondary N) is 2. The van der Waals surface area contributed by atoms with E-state index in [0.717, 1.165) is 43.7 Å². The lowest BCUT2D eigenvalue weighted by molar-refractivity contribution is -0.124. The molecule has 2 heterocycles. The average Bonchev–Trinajstić information content (AvgIpc) is 3.38. The average molecular weight is 422 g/mol. The highest BCUT2D eigenvalue weighted by molar-refractivity contribution is 5.94. The van der Waals surface area contributed by atoms with Gasteiger partial charge in [0.05, 0.1) is 19.8 Å². The maximum atomic E-state index is 12.6. The molecule has 4 rings (SSSR count). The number of carboxylic acid groups (broad SMARTS) is 1. The molecule has 10 heteroatoms. The predicted molar refractivity (Wildman–Crippen MR) is 106 cm³/mol. The minimum Gasteiger partial charge on any atom is -0.483 e. The smallest absolute Gasteiger partial charge is 0.290 e. The van der Waals surface area contributed by atoms with E-state index >= 15 is 0 Å². The van der Waals surface area contributed by atoms with Crippen molar-refractivity contribution in [1.29, 1.82) is 0 Å². The van der Waals surface area contributed by atoms with E-state index in [4.69, 9.17) is 19.2 Å². The SMILES string of the molecule is O=C(CN1CCOCC1)NC1CCc2onc(C(=O)NC3CCCC3)c2C1.O=CO. The van der Waals surface area contributed by atoms with Gasteiger partial charge in [0.2, 0.25) is 5.91 Å². The molecule has 1 saturated heterocycles. The predicted octanol–water partition coefficient (Wildman–Crippen LogP) is 0.354. The van der Waals surface area contributed by atoms with Gasteiger partial charge in [-0.05, 0) is 25.7 Å². The second kappa shape index (κ2) is 11.1. The molecular weight excluding hydrogens is 392 g/mol. The third-order valence-corrected chi connectivity index (χ3v) is 5.78. The van der Waals surface area contributed by atoms with Crippen LogP contribution in [0.5, 0.6) is 0 Å². The molecule has 0 bridgehead atoms. The van der Waals surface area contributed by atoms with Gasteiger partial charge in [-0.15, -0.1) is 0 Å². The summed E-state index contributed by atoms with van der Waals surface area (Å²) in [5, 5.41) is 17.1. The number of fused-ring (bicyclic) bond motifs is 1. The monoisotopic (exact) mass is 422 g/mol. The molecule has 1 aromatic heterocycles. The van der Waals surface area contributed by atoms with Gasteiger partial charge in [0.15, 0.2) is 5.69 Å². The third kappa shape index (κ3) is 6.02. The van der Waals surface area contributed by atoms with Gasteiger partial charge in [-0.25, -0.2) is 0 Å². The Bertz CT molecular complexity index is 725. The van der Waals surface area contributed by atoms with Crippen LogP contribution >= 0.6 is 0 Å². The fourth-order valence-corrected chi connectivity index (χ4v) is 4.27. The van der Waals surface area contributed by atoms with Gasteiger partial charge < -0.3 is 25.0 Å². The number of hydrogen-bond donors (Lipinski definition) is 3. The summed E-state index contributed by atoms with van der Waals surface area (Å²) in [6.45, 7) is 3.09. The molecule has 1 atom stereocenters. The Labute approximate surface area is 175 Å². The van der Waals surface area contributed by atoms with Crippen molar-refractivity contribution in [3.8, 4) is 0 Å². The number of nitrogens with zero attached hydrogens (tertiary/aromatic N) is 2. The van der Waals surface area contributed by atoms with Gasteiger partial charge in [0.1, 0.15) is 5.76 Å². The Morgan fingerprint density at radius 2 is 1.83 bits per heavy atom. The minimum absolute atomic E-state index is 0.0171. The lowest BCUT2D eigenvalue weighted by Gasteiger charge is -2.28. The quantitative estimate of drug-likeness (QED) is 0.579. The first-order valence-corrected chi connectivity index (χ1v) is 10.6. The van der Waals surface area contributed by atoms with Gasteiger partial charge in [0.25, 0.3) is 12.4 Å². The zero-order chi connectivity index (χ0) is 21.3. The summed E-state index contributed by atoms with van der Waals surface area (Å²) in [7, 11) is 0. The molecule has 1 aromatic rings. The first kappa shape index (κ1) is 22.2. The van der Waals surface area contributed by atoms with E-state index in [1.165, 1.54) is 12.8 Å². The number of aryl methyl sites for hydroxylation is 1. The Kier molecular flexibility index (Phi) is 8.21. The van der Waals surface area contributed by atoms with E-state index in [1.54, 1.807) is 0 Å². The number of rotatable bonds is 5. The highest BCUT2D eigenvalue weighted by atomic mass is 16.5. The third-order valence-electron chi connectivity index (χ3n) is 5.78. The van der Waals surface area contributed by atoms with Crippen molar-refractivity contribution >= 4 is 18.3 Å². The summed E-state index contributed by atoms with van der Waals surface area (Å²) in [6.07, 6.45) is 6.50. The zero-order valence-electron chi connectivity index (χ0n) is 17.1. The van der Waals surface area contributed by atoms with E-state index in [1.807, 2.05) is 0 Å². The first-order chi connectivity index (χ1) is 14.6. The second-order valence-electron chi connectivity index (χ2n) is 7.89. The fourth-order valence-electron chi connectivity index (χ4n) is 4.27. The zero-order valence-corrected chi connectivity index (χ0v) is 17.1. The molecule has 2 amide bonds. The van der Waals surface area contributed by atoms with Crippen LogP contribution in [0.4, 0.5) is 0 Å². The summed E-state index contributed by atoms with van der Waals surface area (Å²) in [4.78, 5) is 35.4. The normalized spacial score (nSPS) is 21.8. The molecule has 0 radical (unpaired) electrons. The highest BCUT2D eigenvalue weighted by Crippen LogP contribution is 2.25. The van der Waals surface area contributed by atoms with Crippen LogP contribution in [0.3, 0.4) is 0 Å². The van der Waals surface area contributed by atoms with Crippen LogP contribution in [0.1, 0.15) is 53.9 Å². The summed E-state index contributed by atoms with van der Waals surface area (Å²) in [5.41, 5.74) is 1.25. The van der Waals surface area contributed by atoms with Crippen LogP contribution in [-0.4, -0.2) is 78.4 Å². The summed E-state index contributed by atoms with van der Waals surface area (Å²) in [5.74, 6) is 0.663. The van der Waals surface area contributed by atoms with E-state index < -0.39 is 0 Å². The molecule has 2 fully saturated rings. The molecule has 3 N–H and O–H groups in total. The Balaban J connectivity index is 0.000000806. The van der Waals surface area contributed by atoms with Crippen molar-refractivity contribution in [3.05, 3.63) is 17.0 Å². The summed E-state index contributed by atoms with van der Waals surface area (Å²) < 4.78 is 10.7. The van der Waals surface area contributed by atoms with Gasteiger partial charge in [-0.3, -0.25) is 19.3 Å². The van der Waals surface area contributed by atoms with E-state index in [-0.39, 0.29) is 30.4 Å². The molecule has 0 spiro atoms. The van der Waals surface area contributed by atoms with E-state index in [9.17, 15) is 9.59 Å². The van der Waals surface area contributed by atoms with Crippen LogP contribution in [0, 0.1) is 0 Å². The number of aromatic nitrogens is 1. The molecule has 1 aliphatic heterocycles. The minimum atomic E-state index is -0.250. The summed E-state index contributed by atoms with van der Waals surface area (Å²) >= 11 is 0. The van der Waals surface area contributed by atoms with Crippen molar-refractivity contribution in [3.63, 3.8) is 0 Å². The van der Waals surface area contributed by atoms with Crippen molar-refractivity contribution in [2.45, 2.75) is 57.0 Å². The molecule has 1 saturated carbocycles. The standard InChI is InChI=1S/C19H28N4O4.CH2O2/c24-17(12-23-7-9-26-10-8-23)20-14-5-6-16-15(11-14)18(22-27-16)19(25)21-13-3-1-2-4-13;2-1-3/h13-14H,1-12H2,(H,20,24)(H,21,25);1H,(H,2,3). The lowest BCUT2D eigenvalue weighted by Crippen LogP contribution is -2.47. The van der Waals surface area contributed by atoms with E-state index in [2.05, 4.69) is 20.7 Å². The van der Waals surface area contributed by atoms with E-state index in [0.29, 0.717) is 38.3 Å². The molecule has 166 valence electrons. The Morgan fingerprint density at radius 1 is 1.13 bits per heavy atom. The maximum Gasteiger partial charge on any atom is 0.290 e. The number of amides is 2. The maximum absolute atomic E-state index is 12.6. The van der Waals surface area contributed by atoms with Crippen LogP contribution in [-0.2, 0) is 27.2 Å². The molecule has 2 aliphatic carbocycles. The van der Waals surface area contributed by atoms with Crippen molar-refractivity contribution in [1.82, 2.24) is 20.7 Å². The first-order valence-electron chi connectivity index (χ1n) is 10.6. The largest absolute Gasteiger partial charge is 0.483 e. The molecule has 0 aromatic carbocycles. The summed E-state index contributed by atoms with van der Waals surface area (Å²) in [6, 6.07) is 0.265. The van der Waals surface area contributed by atoms with Crippen molar-refractivity contribution in [2.24, 2.45) is 0 Å². The van der Waals surface area contributed by atoms with Gasteiger partial charge in [0, 0.05) is 37.2 Å². The second-order valence-corrected chi connectivity index (χ2v) is 7.89. The van der Waals surface area contributed by atoms with Crippen molar-refractivity contribution < 1.29 is 28.8 Å². The number of morpholine rings is 1. The molecule has 10 nitrogen and oxygen atoms in total. The van der Waals surface area contributed by atoms with Crippen LogP contribution < -0.4 is 10.6 Å². The number of carbonyl (C=O) groups is 3. The van der Waals surface area contributed by atoms with Crippen molar-refractivity contribution in [2.75, 3.05) is 32.8 Å². The van der Waals surface area contributed by atoms with Gasteiger partial charge >= 0.3 is 0 Å². The molecule has 3 aliphatic rings. The Morgan fingerprint density at radius 3 is 2.53 bits per heavy atom. The number of ether oxygens (including phenoxy) is 1. The van der Waals surface area contributed by atoms with Crippen LogP contribution in [0.25, 0.3) is 0 Å². The Hall–Kier alpha value is -2.46. The van der Waals surface area contributed by atoms with Crippen LogP contribution in [0.2, 0.25) is 0 Å². The molecular formula is C20H30N4O6. The topological polar surface area (TPSA) is 134 Å². The molecule has 30 heavy (non-hydrogen) atoms. The fraction of sp³-hybridized carbons (Fsp3) is 0.700. The van der Waals surface area contributed by atoms with Gasteiger partial charge in [-0.1, -0.05) is 18.0 Å². The number of carbonyl (C=O) groups excluding carboxylic acids is 2. The highest BCUT2D eigenvalue weighted by Gasteiger charge is 2.30. The van der Waals surface area contributed by atoms with Gasteiger partial charge in [-0.2, -0.15) is 0 Å². The number of hydrogen-bond acceptors (Lipinski definition) is 7. The molecule has 1 unspecified atom stereocenters. The lowest BCUT2D eigenvalue weighted by atomic mass is 9.91. The van der Waals surface area contributed by atoms with Crippen LogP contribution in [0.15, 0.2) is 4.52 Å².